The second kappa shape index (κ2) is 5.97. The van der Waals surface area contributed by atoms with Crippen molar-refractivity contribution in [1.29, 1.82) is 0 Å². The summed E-state index contributed by atoms with van der Waals surface area (Å²) in [6.07, 6.45) is 3.33. The third-order valence-corrected chi connectivity index (χ3v) is 3.68. The molecule has 0 amide bonds. The molecule has 2 aromatic carbocycles. The van der Waals surface area contributed by atoms with Crippen LogP contribution in [0.25, 0.3) is 0 Å². The van der Waals surface area contributed by atoms with Gasteiger partial charge in [0.05, 0.1) is 0 Å². The Morgan fingerprint density at radius 2 is 1.60 bits per heavy atom. The predicted molar refractivity (Wildman–Crippen MR) is 82.2 cm³/mol. The molecule has 3 N–H and O–H groups in total. The topological polar surface area (TPSA) is 47.3 Å². The summed E-state index contributed by atoms with van der Waals surface area (Å²) in [7, 11) is 0. The highest BCUT2D eigenvalue weighted by atomic mass is 16.5. The average Bonchev–Trinajstić information content (AvgIpc) is 2.88. The number of benzene rings is 2. The van der Waals surface area contributed by atoms with Crippen LogP contribution in [0.4, 0.5) is 5.69 Å². The van der Waals surface area contributed by atoms with E-state index in [4.69, 9.17) is 10.5 Å². The van der Waals surface area contributed by atoms with Crippen LogP contribution in [0.3, 0.4) is 0 Å². The Morgan fingerprint density at radius 3 is 2.25 bits per heavy atom. The Balaban J connectivity index is 1.60. The van der Waals surface area contributed by atoms with E-state index in [-0.39, 0.29) is 0 Å². The van der Waals surface area contributed by atoms with E-state index in [1.807, 2.05) is 42.5 Å². The van der Waals surface area contributed by atoms with Crippen LogP contribution < -0.4 is 15.8 Å². The molecule has 104 valence electrons. The second-order valence-corrected chi connectivity index (χ2v) is 5.35. The van der Waals surface area contributed by atoms with Crippen molar-refractivity contribution in [1.82, 2.24) is 0 Å². The van der Waals surface area contributed by atoms with Gasteiger partial charge in [0, 0.05) is 17.8 Å². The number of nitrogens with two attached hydrogens (primary N) is 1. The number of nitrogens with one attached hydrogen (secondary N) is 1. The maximum absolute atomic E-state index is 5.93. The molecule has 0 spiro atoms. The molecule has 0 saturated heterocycles. The van der Waals surface area contributed by atoms with Crippen molar-refractivity contribution in [2.45, 2.75) is 31.3 Å². The van der Waals surface area contributed by atoms with Gasteiger partial charge in [0.15, 0.2) is 0 Å². The lowest BCUT2D eigenvalue weighted by atomic mass is 10.2. The third kappa shape index (κ3) is 3.31. The number of hydrogen-bond acceptors (Lipinski definition) is 3. The molecule has 3 heteroatoms. The zero-order chi connectivity index (χ0) is 13.8. The number of rotatable bonds is 4. The fraction of sp³-hybridized carbons (Fsp3) is 0.294. The first-order chi connectivity index (χ1) is 9.79. The molecule has 0 heterocycles. The van der Waals surface area contributed by atoms with Crippen LogP contribution in [-0.2, 0) is 0 Å². The van der Waals surface area contributed by atoms with E-state index < -0.39 is 0 Å². The normalized spacial score (nSPS) is 21.6. The second-order valence-electron chi connectivity index (χ2n) is 5.35. The van der Waals surface area contributed by atoms with Gasteiger partial charge in [-0.2, -0.15) is 0 Å². The quantitative estimate of drug-likeness (QED) is 0.887. The zero-order valence-electron chi connectivity index (χ0n) is 11.5. The molecule has 3 nitrogen and oxygen atoms in total. The highest BCUT2D eigenvalue weighted by molar-refractivity contribution is 5.48. The first-order valence-electron chi connectivity index (χ1n) is 7.15. The number of hydrogen-bond donors (Lipinski definition) is 2. The van der Waals surface area contributed by atoms with Gasteiger partial charge in [0.25, 0.3) is 0 Å². The summed E-state index contributed by atoms with van der Waals surface area (Å²) >= 11 is 0. The lowest BCUT2D eigenvalue weighted by molar-refractivity contribution is 0.483. The lowest BCUT2D eigenvalue weighted by Gasteiger charge is -2.14. The van der Waals surface area contributed by atoms with Gasteiger partial charge < -0.3 is 15.8 Å². The predicted octanol–water partition coefficient (Wildman–Crippen LogP) is 3.77. The van der Waals surface area contributed by atoms with Gasteiger partial charge in [-0.1, -0.05) is 18.2 Å². The maximum atomic E-state index is 5.93. The third-order valence-electron chi connectivity index (χ3n) is 3.68. The fourth-order valence-electron chi connectivity index (χ4n) is 2.63. The van der Waals surface area contributed by atoms with Gasteiger partial charge in [0.2, 0.25) is 0 Å². The van der Waals surface area contributed by atoms with E-state index in [9.17, 15) is 0 Å². The van der Waals surface area contributed by atoms with Gasteiger partial charge in [-0.05, 0) is 55.7 Å². The molecule has 2 aromatic rings. The maximum Gasteiger partial charge on any atom is 0.127 e. The molecule has 0 aromatic heterocycles. The van der Waals surface area contributed by atoms with Crippen molar-refractivity contribution in [2.75, 3.05) is 5.32 Å². The van der Waals surface area contributed by atoms with Crippen LogP contribution in [0.2, 0.25) is 0 Å². The molecule has 1 fully saturated rings. The standard InChI is InChI=1S/C17H20N2O/c18-13-6-7-15(12-13)19-14-8-10-17(11-9-14)20-16-4-2-1-3-5-16/h1-5,8-11,13,15,19H,6-7,12,18H2. The van der Waals surface area contributed by atoms with Gasteiger partial charge in [0.1, 0.15) is 11.5 Å². The van der Waals surface area contributed by atoms with Crippen molar-refractivity contribution < 1.29 is 4.74 Å². The summed E-state index contributed by atoms with van der Waals surface area (Å²) in [5.74, 6) is 1.71. The minimum Gasteiger partial charge on any atom is -0.457 e. The van der Waals surface area contributed by atoms with Crippen LogP contribution in [-0.4, -0.2) is 12.1 Å². The van der Waals surface area contributed by atoms with E-state index in [0.717, 1.165) is 36.4 Å². The molecule has 0 bridgehead atoms. The van der Waals surface area contributed by atoms with E-state index in [1.165, 1.54) is 0 Å². The van der Waals surface area contributed by atoms with E-state index in [0.29, 0.717) is 12.1 Å². The molecule has 1 saturated carbocycles. The Morgan fingerprint density at radius 1 is 0.900 bits per heavy atom. The van der Waals surface area contributed by atoms with Crippen LogP contribution in [0.5, 0.6) is 11.5 Å². The van der Waals surface area contributed by atoms with Crippen molar-refractivity contribution in [3.63, 3.8) is 0 Å². The Kier molecular flexibility index (Phi) is 3.88. The molecular formula is C17H20N2O. The van der Waals surface area contributed by atoms with Gasteiger partial charge in [-0.3, -0.25) is 0 Å². The van der Waals surface area contributed by atoms with Crippen LogP contribution in [0.15, 0.2) is 54.6 Å². The van der Waals surface area contributed by atoms with E-state index >= 15 is 0 Å². The molecule has 1 aliphatic carbocycles. The zero-order valence-corrected chi connectivity index (χ0v) is 11.5. The van der Waals surface area contributed by atoms with Crippen molar-refractivity contribution in [3.05, 3.63) is 54.6 Å². The number of ether oxygens (including phenoxy) is 1. The molecular weight excluding hydrogens is 248 g/mol. The van der Waals surface area contributed by atoms with Gasteiger partial charge in [-0.25, -0.2) is 0 Å². The first kappa shape index (κ1) is 13.0. The fourth-order valence-corrected chi connectivity index (χ4v) is 2.63. The first-order valence-corrected chi connectivity index (χ1v) is 7.15. The molecule has 1 aliphatic rings. The summed E-state index contributed by atoms with van der Waals surface area (Å²) in [4.78, 5) is 0. The smallest absolute Gasteiger partial charge is 0.127 e. The van der Waals surface area contributed by atoms with E-state index in [2.05, 4.69) is 17.4 Å². The SMILES string of the molecule is NC1CCC(Nc2ccc(Oc3ccccc3)cc2)C1. The monoisotopic (exact) mass is 268 g/mol. The largest absolute Gasteiger partial charge is 0.457 e. The summed E-state index contributed by atoms with van der Waals surface area (Å²) < 4.78 is 5.77. The minimum absolute atomic E-state index is 0.355. The molecule has 0 aliphatic heterocycles. The average molecular weight is 268 g/mol. The van der Waals surface area contributed by atoms with Crippen molar-refractivity contribution in [3.8, 4) is 11.5 Å². The molecule has 20 heavy (non-hydrogen) atoms. The number of anilines is 1. The van der Waals surface area contributed by atoms with Crippen LogP contribution in [0.1, 0.15) is 19.3 Å². The number of para-hydroxylation sites is 1. The highest BCUT2D eigenvalue weighted by Gasteiger charge is 2.21. The van der Waals surface area contributed by atoms with Crippen molar-refractivity contribution >= 4 is 5.69 Å². The summed E-state index contributed by atoms with van der Waals surface area (Å²) in [6, 6.07) is 18.8. The Hall–Kier alpha value is -2.00. The van der Waals surface area contributed by atoms with Gasteiger partial charge >= 0.3 is 0 Å². The highest BCUT2D eigenvalue weighted by Crippen LogP contribution is 2.25. The summed E-state index contributed by atoms with van der Waals surface area (Å²) in [5, 5.41) is 3.53. The Bertz CT molecular complexity index is 539. The molecule has 2 unspecified atom stereocenters. The minimum atomic E-state index is 0.355. The van der Waals surface area contributed by atoms with E-state index in [1.54, 1.807) is 0 Å². The van der Waals surface area contributed by atoms with Crippen LogP contribution in [0, 0.1) is 0 Å². The molecule has 0 radical (unpaired) electrons. The van der Waals surface area contributed by atoms with Crippen LogP contribution >= 0.6 is 0 Å². The molecule has 2 atom stereocenters. The summed E-state index contributed by atoms with van der Waals surface area (Å²) in [6.45, 7) is 0. The molecule has 3 rings (SSSR count). The van der Waals surface area contributed by atoms with Crippen molar-refractivity contribution in [2.24, 2.45) is 5.73 Å². The lowest BCUT2D eigenvalue weighted by Crippen LogP contribution is -2.20. The summed E-state index contributed by atoms with van der Waals surface area (Å²) in [5.41, 5.74) is 7.06. The Labute approximate surface area is 119 Å². The van der Waals surface area contributed by atoms with Gasteiger partial charge in [-0.15, -0.1) is 0 Å².